The molecule has 0 aliphatic heterocycles. The van der Waals surface area contributed by atoms with Crippen LogP contribution in [0.1, 0.15) is 12.8 Å². The summed E-state index contributed by atoms with van der Waals surface area (Å²) in [6.45, 7) is 5.02. The maximum Gasteiger partial charge on any atom is -0.0207 e. The molecule has 6 heavy (non-hydrogen) atoms. The lowest BCUT2D eigenvalue weighted by Crippen LogP contribution is -1.63. The molecule has 1 radical (unpaired) electrons. The molecule has 0 nitrogen and oxygen atoms in total. The summed E-state index contributed by atoms with van der Waals surface area (Å²) in [6, 6.07) is 0. The van der Waals surface area contributed by atoms with Crippen molar-refractivity contribution in [1.29, 1.82) is 0 Å². The molecule has 0 saturated heterocycles. The van der Waals surface area contributed by atoms with Gasteiger partial charge in [-0.05, 0) is 18.2 Å². The van der Waals surface area contributed by atoms with E-state index in [0.29, 0.717) is 0 Å². The van der Waals surface area contributed by atoms with E-state index in [1.165, 1.54) is 0 Å². The molecular weight excluding hydrogens is 92.1 g/mol. The molecule has 0 atom stereocenters. The highest BCUT2D eigenvalue weighted by atomic mass is 32.1. The SMILES string of the molecule is [CH]=CCCC=S. The predicted octanol–water partition coefficient (Wildman–Crippen LogP) is 1.76. The van der Waals surface area contributed by atoms with Gasteiger partial charge in [-0.2, -0.15) is 0 Å². The van der Waals surface area contributed by atoms with Crippen molar-refractivity contribution in [1.82, 2.24) is 0 Å². The Morgan fingerprint density at radius 1 is 1.50 bits per heavy atom. The zero-order valence-corrected chi connectivity index (χ0v) is 4.37. The largest absolute Gasteiger partial charge is 0.0935 e. The van der Waals surface area contributed by atoms with Crippen molar-refractivity contribution in [3.05, 3.63) is 12.7 Å². The molecule has 0 aromatic carbocycles. The number of thiocarbonyl (C=S) groups is 1. The molecule has 0 rings (SSSR count). The number of hydrogen-bond donors (Lipinski definition) is 0. The first-order valence-corrected chi connectivity index (χ1v) is 2.36. The van der Waals surface area contributed by atoms with Gasteiger partial charge in [0.15, 0.2) is 0 Å². The van der Waals surface area contributed by atoms with E-state index in [0.717, 1.165) is 12.8 Å². The maximum atomic E-state index is 5.02. The summed E-state index contributed by atoms with van der Waals surface area (Å²) in [6.07, 6.45) is 3.44. The number of unbranched alkanes of at least 4 members (excludes halogenated alkanes) is 1. The fraction of sp³-hybridized carbons (Fsp3) is 0.400. The monoisotopic (exact) mass is 99.0 g/mol. The minimum atomic E-state index is 0.906. The van der Waals surface area contributed by atoms with Gasteiger partial charge < -0.3 is 0 Å². The highest BCUT2D eigenvalue weighted by Crippen LogP contribution is 1.81. The van der Waals surface area contributed by atoms with E-state index in [4.69, 9.17) is 6.58 Å². The van der Waals surface area contributed by atoms with Crippen molar-refractivity contribution < 1.29 is 0 Å². The molecule has 0 amide bonds. The van der Waals surface area contributed by atoms with Gasteiger partial charge in [-0.1, -0.05) is 24.9 Å². The van der Waals surface area contributed by atoms with Crippen LogP contribution in [-0.2, 0) is 0 Å². The van der Waals surface area contributed by atoms with Gasteiger partial charge in [0.25, 0.3) is 0 Å². The minimum Gasteiger partial charge on any atom is -0.0935 e. The number of hydrogen-bond acceptors (Lipinski definition) is 1. The molecule has 0 unspecified atom stereocenters. The van der Waals surface area contributed by atoms with E-state index in [2.05, 4.69) is 12.2 Å². The summed E-state index contributed by atoms with van der Waals surface area (Å²) >= 11 is 4.52. The van der Waals surface area contributed by atoms with Gasteiger partial charge in [0, 0.05) is 0 Å². The first-order chi connectivity index (χ1) is 2.91. The summed E-state index contributed by atoms with van der Waals surface area (Å²) in [5.74, 6) is 0. The third-order valence-electron chi connectivity index (χ3n) is 0.451. The van der Waals surface area contributed by atoms with Crippen LogP contribution in [0, 0.1) is 6.58 Å². The second-order valence-corrected chi connectivity index (χ2v) is 1.31. The lowest BCUT2D eigenvalue weighted by molar-refractivity contribution is 1.13. The lowest BCUT2D eigenvalue weighted by Gasteiger charge is -1.74. The fourth-order valence-electron chi connectivity index (χ4n) is 0.164. The van der Waals surface area contributed by atoms with Gasteiger partial charge in [0.2, 0.25) is 0 Å². The molecule has 0 bridgehead atoms. The second-order valence-electron chi connectivity index (χ2n) is 0.980. The highest BCUT2D eigenvalue weighted by molar-refractivity contribution is 7.78. The Morgan fingerprint density at radius 3 is 2.33 bits per heavy atom. The Morgan fingerprint density at radius 2 is 2.17 bits per heavy atom. The highest BCUT2D eigenvalue weighted by Gasteiger charge is 1.67. The van der Waals surface area contributed by atoms with Crippen molar-refractivity contribution in [3.8, 4) is 0 Å². The molecule has 0 aromatic rings. The van der Waals surface area contributed by atoms with Crippen molar-refractivity contribution in [2.75, 3.05) is 0 Å². The number of rotatable bonds is 3. The van der Waals surface area contributed by atoms with Gasteiger partial charge in [-0.15, -0.1) is 0 Å². The third kappa shape index (κ3) is 3.83. The summed E-state index contributed by atoms with van der Waals surface area (Å²) in [7, 11) is 0. The van der Waals surface area contributed by atoms with E-state index in [1.807, 2.05) is 0 Å². The van der Waals surface area contributed by atoms with Crippen LogP contribution in [0.2, 0.25) is 0 Å². The first-order valence-electron chi connectivity index (χ1n) is 1.89. The summed E-state index contributed by atoms with van der Waals surface area (Å²) < 4.78 is 0. The van der Waals surface area contributed by atoms with Crippen LogP contribution in [0.4, 0.5) is 0 Å². The topological polar surface area (TPSA) is 0 Å². The van der Waals surface area contributed by atoms with Crippen molar-refractivity contribution in [2.45, 2.75) is 12.8 Å². The quantitative estimate of drug-likeness (QED) is 0.383. The van der Waals surface area contributed by atoms with Gasteiger partial charge in [-0.25, -0.2) is 0 Å². The zero-order chi connectivity index (χ0) is 4.83. The van der Waals surface area contributed by atoms with Crippen LogP contribution in [0.15, 0.2) is 6.08 Å². The van der Waals surface area contributed by atoms with E-state index < -0.39 is 0 Å². The van der Waals surface area contributed by atoms with Crippen molar-refractivity contribution >= 4 is 17.6 Å². The molecule has 0 spiro atoms. The lowest BCUT2D eigenvalue weighted by atomic mass is 10.3. The van der Waals surface area contributed by atoms with E-state index >= 15 is 0 Å². The Kier molecular flexibility index (Phi) is 4.69. The molecule has 0 fully saturated rings. The standard InChI is InChI=1S/C5H7S/c1-2-3-4-5-6/h1-2,5H,3-4H2. The summed E-state index contributed by atoms with van der Waals surface area (Å²) in [5, 5.41) is 1.68. The van der Waals surface area contributed by atoms with Crippen LogP contribution >= 0.6 is 12.2 Å². The second kappa shape index (κ2) is 4.83. The third-order valence-corrected chi connectivity index (χ3v) is 0.687. The molecule has 0 aliphatic rings. The average Bonchev–Trinajstić information content (AvgIpc) is 1.61. The average molecular weight is 99.2 g/mol. The van der Waals surface area contributed by atoms with Crippen LogP contribution in [0.5, 0.6) is 0 Å². The van der Waals surface area contributed by atoms with Crippen LogP contribution < -0.4 is 0 Å². The van der Waals surface area contributed by atoms with E-state index in [1.54, 1.807) is 11.4 Å². The van der Waals surface area contributed by atoms with Crippen LogP contribution in [0.25, 0.3) is 0 Å². The van der Waals surface area contributed by atoms with Crippen LogP contribution in [0.3, 0.4) is 0 Å². The molecular formula is C5H7S. The van der Waals surface area contributed by atoms with Crippen LogP contribution in [-0.4, -0.2) is 5.37 Å². The summed E-state index contributed by atoms with van der Waals surface area (Å²) in [4.78, 5) is 0. The molecule has 0 N–H and O–H groups in total. The fourth-order valence-corrected chi connectivity index (χ4v) is 0.300. The van der Waals surface area contributed by atoms with Gasteiger partial charge in [0.05, 0.1) is 0 Å². The first kappa shape index (κ1) is 5.83. The normalized spacial score (nSPS) is 7.33. The molecule has 0 aromatic heterocycles. The van der Waals surface area contributed by atoms with E-state index in [-0.39, 0.29) is 0 Å². The molecule has 33 valence electrons. The minimum absolute atomic E-state index is 0.906. The van der Waals surface area contributed by atoms with Crippen molar-refractivity contribution in [3.63, 3.8) is 0 Å². The Balaban J connectivity index is 2.66. The van der Waals surface area contributed by atoms with Gasteiger partial charge >= 0.3 is 0 Å². The molecule has 1 heteroatoms. The Bertz CT molecular complexity index is 39.9. The predicted molar refractivity (Wildman–Crippen MR) is 31.8 cm³/mol. The molecule has 0 heterocycles. The van der Waals surface area contributed by atoms with Gasteiger partial charge in [0.1, 0.15) is 0 Å². The van der Waals surface area contributed by atoms with Gasteiger partial charge in [-0.3, -0.25) is 0 Å². The Hall–Kier alpha value is -0.170. The maximum absolute atomic E-state index is 5.02. The van der Waals surface area contributed by atoms with E-state index in [9.17, 15) is 0 Å². The number of allylic oxidation sites excluding steroid dienone is 1. The smallest absolute Gasteiger partial charge is 0.0207 e. The summed E-state index contributed by atoms with van der Waals surface area (Å²) in [5.41, 5.74) is 0. The zero-order valence-electron chi connectivity index (χ0n) is 3.55. The molecule has 0 aliphatic carbocycles. The Labute approximate surface area is 43.9 Å². The van der Waals surface area contributed by atoms with Crippen molar-refractivity contribution in [2.24, 2.45) is 0 Å². The molecule has 0 saturated carbocycles.